The van der Waals surface area contributed by atoms with Gasteiger partial charge >= 0.3 is 11.9 Å². The number of carbonyl (C=O) groups excluding carboxylic acids is 1. The number of aryl methyl sites for hydroxylation is 1. The van der Waals surface area contributed by atoms with Crippen LogP contribution in [0.15, 0.2) is 72.8 Å². The molecule has 3 aromatic carbocycles. The van der Waals surface area contributed by atoms with Gasteiger partial charge in [0.2, 0.25) is 0 Å². The molecule has 2 fully saturated rings. The van der Waals surface area contributed by atoms with Crippen LogP contribution in [0.5, 0.6) is 0 Å². The van der Waals surface area contributed by atoms with Crippen LogP contribution in [0.1, 0.15) is 54.2 Å². The number of piperazine rings is 1. The molecule has 0 unspecified atom stereocenters. The second-order valence-electron chi connectivity index (χ2n) is 12.5. The molecule has 0 atom stereocenters. The quantitative estimate of drug-likeness (QED) is 0.196. The highest BCUT2D eigenvalue weighted by atomic mass is 35.5. The molecule has 1 saturated heterocycles. The Labute approximate surface area is 276 Å². The predicted molar refractivity (Wildman–Crippen MR) is 185 cm³/mol. The van der Waals surface area contributed by atoms with Crippen molar-refractivity contribution >= 4 is 34.9 Å². The van der Waals surface area contributed by atoms with Crippen molar-refractivity contribution in [2.45, 2.75) is 59.1 Å². The molecule has 4 aromatic rings. The van der Waals surface area contributed by atoms with Crippen molar-refractivity contribution < 1.29 is 19.4 Å². The summed E-state index contributed by atoms with van der Waals surface area (Å²) in [5.74, 6) is -1.50. The van der Waals surface area contributed by atoms with E-state index in [0.29, 0.717) is 42.8 Å². The van der Waals surface area contributed by atoms with Gasteiger partial charge < -0.3 is 24.2 Å². The highest BCUT2D eigenvalue weighted by molar-refractivity contribution is 6.30. The average molecular weight is 640 g/mol. The molecule has 240 valence electrons. The van der Waals surface area contributed by atoms with Crippen LogP contribution >= 0.6 is 11.6 Å². The highest BCUT2D eigenvalue weighted by Crippen LogP contribution is 2.42. The number of nitrogens with zero attached hydrogens (tertiary/aromatic N) is 3. The standard InChI is InChI=1S/C38H42ClN3O4/c1-4-42-26(3)34(38(45)46-33-18-12-28(13-19-33)37(43)44)35(36(42)27-10-14-30(39)15-11-27)29-6-5-7-32(24-29)41-22-20-40(21-23-41)31-16-8-25(2)9-17-31/h5-11,14-17,24,28,33H,4,12-13,18-23H2,1-3H3,(H,43,44). The van der Waals surface area contributed by atoms with E-state index in [2.05, 4.69) is 76.7 Å². The molecule has 2 aliphatic rings. The van der Waals surface area contributed by atoms with E-state index in [1.165, 1.54) is 11.3 Å². The first kappa shape index (κ1) is 31.7. The lowest BCUT2D eigenvalue weighted by molar-refractivity contribution is -0.143. The van der Waals surface area contributed by atoms with Crippen LogP contribution in [-0.2, 0) is 16.1 Å². The van der Waals surface area contributed by atoms with E-state index in [-0.39, 0.29) is 18.0 Å². The molecule has 0 bridgehead atoms. The van der Waals surface area contributed by atoms with Crippen molar-refractivity contribution in [1.82, 2.24) is 4.57 Å². The molecule has 1 aromatic heterocycles. The zero-order valence-electron chi connectivity index (χ0n) is 26.8. The molecule has 7 nitrogen and oxygen atoms in total. The zero-order valence-corrected chi connectivity index (χ0v) is 27.6. The van der Waals surface area contributed by atoms with Crippen LogP contribution in [0.3, 0.4) is 0 Å². The minimum absolute atomic E-state index is 0.296. The Kier molecular flexibility index (Phi) is 9.41. The number of ether oxygens (including phenoxy) is 1. The van der Waals surface area contributed by atoms with E-state index in [0.717, 1.165) is 59.9 Å². The first-order valence-corrected chi connectivity index (χ1v) is 16.7. The fourth-order valence-corrected chi connectivity index (χ4v) is 7.17. The summed E-state index contributed by atoms with van der Waals surface area (Å²) in [5, 5.41) is 10.1. The van der Waals surface area contributed by atoms with Gasteiger partial charge in [-0.15, -0.1) is 0 Å². The third kappa shape index (κ3) is 6.52. The summed E-state index contributed by atoms with van der Waals surface area (Å²) < 4.78 is 8.33. The van der Waals surface area contributed by atoms with Crippen molar-refractivity contribution in [1.29, 1.82) is 0 Å². The summed E-state index contributed by atoms with van der Waals surface area (Å²) in [6.07, 6.45) is 1.85. The van der Waals surface area contributed by atoms with Crippen molar-refractivity contribution in [3.63, 3.8) is 0 Å². The molecule has 0 amide bonds. The number of hydrogen-bond acceptors (Lipinski definition) is 5. The van der Waals surface area contributed by atoms with Crippen molar-refractivity contribution in [3.8, 4) is 22.4 Å². The maximum atomic E-state index is 14.1. The molecule has 6 rings (SSSR count). The summed E-state index contributed by atoms with van der Waals surface area (Å²) >= 11 is 6.29. The Hall–Kier alpha value is -4.23. The number of anilines is 2. The van der Waals surface area contributed by atoms with Gasteiger partial charge in [-0.05, 0) is 94.0 Å². The van der Waals surface area contributed by atoms with Gasteiger partial charge in [0.05, 0.1) is 17.2 Å². The number of carboxylic acid groups (broad SMARTS) is 1. The summed E-state index contributed by atoms with van der Waals surface area (Å²) in [6.45, 7) is 10.5. The van der Waals surface area contributed by atoms with Crippen LogP contribution in [0.2, 0.25) is 5.02 Å². The summed E-state index contributed by atoms with van der Waals surface area (Å²) in [4.78, 5) is 30.4. The van der Waals surface area contributed by atoms with Gasteiger partial charge in [-0.3, -0.25) is 4.79 Å². The fraction of sp³-hybridized carbons (Fsp3) is 0.368. The molecule has 2 heterocycles. The van der Waals surface area contributed by atoms with E-state index in [4.69, 9.17) is 16.3 Å². The number of carbonyl (C=O) groups is 2. The Balaban J connectivity index is 1.34. The monoisotopic (exact) mass is 639 g/mol. The fourth-order valence-electron chi connectivity index (χ4n) is 7.05. The topological polar surface area (TPSA) is 75.0 Å². The normalized spacial score (nSPS) is 18.4. The third-order valence-corrected chi connectivity index (χ3v) is 9.89. The van der Waals surface area contributed by atoms with Crippen LogP contribution in [0, 0.1) is 19.8 Å². The lowest BCUT2D eigenvalue weighted by Gasteiger charge is -2.37. The van der Waals surface area contributed by atoms with Gasteiger partial charge in [0.25, 0.3) is 0 Å². The molecular weight excluding hydrogens is 598 g/mol. The van der Waals surface area contributed by atoms with Gasteiger partial charge in [-0.25, -0.2) is 4.79 Å². The average Bonchev–Trinajstić information content (AvgIpc) is 3.37. The molecular formula is C38H42ClN3O4. The third-order valence-electron chi connectivity index (χ3n) is 9.64. The maximum Gasteiger partial charge on any atom is 0.340 e. The largest absolute Gasteiger partial charge is 0.481 e. The molecule has 0 radical (unpaired) electrons. The lowest BCUT2D eigenvalue weighted by Crippen LogP contribution is -2.46. The Morgan fingerprint density at radius 1 is 0.826 bits per heavy atom. The van der Waals surface area contributed by atoms with Gasteiger partial charge in [-0.2, -0.15) is 0 Å². The van der Waals surface area contributed by atoms with E-state index in [1.807, 2.05) is 31.2 Å². The summed E-state index contributed by atoms with van der Waals surface area (Å²) in [5.41, 5.74) is 8.79. The Morgan fingerprint density at radius 2 is 1.46 bits per heavy atom. The van der Waals surface area contributed by atoms with Crippen LogP contribution in [-0.4, -0.2) is 53.9 Å². The van der Waals surface area contributed by atoms with Crippen LogP contribution in [0.25, 0.3) is 22.4 Å². The van der Waals surface area contributed by atoms with E-state index in [9.17, 15) is 14.7 Å². The lowest BCUT2D eigenvalue weighted by atomic mass is 9.87. The maximum absolute atomic E-state index is 14.1. The van der Waals surface area contributed by atoms with Crippen LogP contribution in [0.4, 0.5) is 11.4 Å². The second-order valence-corrected chi connectivity index (χ2v) is 12.9. The number of aliphatic carboxylic acids is 1. The summed E-state index contributed by atoms with van der Waals surface area (Å²) in [6, 6.07) is 25.0. The minimum atomic E-state index is -0.771. The first-order chi connectivity index (χ1) is 22.2. The minimum Gasteiger partial charge on any atom is -0.481 e. The van der Waals surface area contributed by atoms with Crippen molar-refractivity contribution in [2.75, 3.05) is 36.0 Å². The van der Waals surface area contributed by atoms with E-state index >= 15 is 0 Å². The molecule has 8 heteroatoms. The van der Waals surface area contributed by atoms with Gasteiger partial charge in [0, 0.05) is 60.4 Å². The Morgan fingerprint density at radius 3 is 2.07 bits per heavy atom. The summed E-state index contributed by atoms with van der Waals surface area (Å²) in [7, 11) is 0. The first-order valence-electron chi connectivity index (χ1n) is 16.3. The molecule has 1 aliphatic carbocycles. The van der Waals surface area contributed by atoms with Gasteiger partial charge in [0.1, 0.15) is 6.10 Å². The van der Waals surface area contributed by atoms with Gasteiger partial charge in [0.15, 0.2) is 0 Å². The Bertz CT molecular complexity index is 1700. The number of rotatable bonds is 8. The SMILES string of the molecule is CCn1c(C)c(C(=O)OC2CCC(C(=O)O)CC2)c(-c2cccc(N3CCN(c4ccc(C)cc4)CC3)c2)c1-c1ccc(Cl)cc1. The zero-order chi connectivity index (χ0) is 32.4. The number of halogens is 1. The molecule has 1 aliphatic heterocycles. The van der Waals surface area contributed by atoms with Gasteiger partial charge in [-0.1, -0.05) is 53.6 Å². The number of hydrogen-bond donors (Lipinski definition) is 1. The number of esters is 1. The molecule has 46 heavy (non-hydrogen) atoms. The molecule has 0 spiro atoms. The second kappa shape index (κ2) is 13.6. The van der Waals surface area contributed by atoms with Crippen molar-refractivity contribution in [3.05, 3.63) is 94.6 Å². The van der Waals surface area contributed by atoms with E-state index < -0.39 is 5.97 Å². The number of benzene rings is 3. The predicted octanol–water partition coefficient (Wildman–Crippen LogP) is 8.24. The van der Waals surface area contributed by atoms with Crippen LogP contribution < -0.4 is 9.80 Å². The van der Waals surface area contributed by atoms with E-state index in [1.54, 1.807) is 0 Å². The van der Waals surface area contributed by atoms with Crippen molar-refractivity contribution in [2.24, 2.45) is 5.92 Å². The number of carboxylic acids is 1. The molecule has 1 saturated carbocycles. The highest BCUT2D eigenvalue weighted by Gasteiger charge is 2.32. The molecule has 1 N–H and O–H groups in total. The number of aromatic nitrogens is 1. The smallest absolute Gasteiger partial charge is 0.340 e.